The molecule has 0 aliphatic rings. The highest BCUT2D eigenvalue weighted by molar-refractivity contribution is 5.39. The van der Waals surface area contributed by atoms with Crippen LogP contribution in [0.5, 0.6) is 5.75 Å². The number of aryl methyl sites for hydroxylation is 1. The van der Waals surface area contributed by atoms with Crippen molar-refractivity contribution in [1.82, 2.24) is 5.32 Å². The molecule has 1 aromatic rings. The zero-order valence-corrected chi connectivity index (χ0v) is 13.8. The van der Waals surface area contributed by atoms with Gasteiger partial charge in [0.1, 0.15) is 12.4 Å². The summed E-state index contributed by atoms with van der Waals surface area (Å²) in [5.41, 5.74) is 2.57. The Morgan fingerprint density at radius 2 is 1.90 bits per heavy atom. The minimum atomic E-state index is 0.459. The Morgan fingerprint density at radius 3 is 2.50 bits per heavy atom. The lowest BCUT2D eigenvalue weighted by Gasteiger charge is -2.21. The predicted molar refractivity (Wildman–Crippen MR) is 87.8 cm³/mol. The molecule has 0 radical (unpaired) electrons. The van der Waals surface area contributed by atoms with Crippen molar-refractivity contribution in [2.75, 3.05) is 13.2 Å². The summed E-state index contributed by atoms with van der Waals surface area (Å²) in [7, 11) is 0. The smallest absolute Gasteiger partial charge is 0.123 e. The highest BCUT2D eigenvalue weighted by atomic mass is 16.5. The van der Waals surface area contributed by atoms with Gasteiger partial charge in [-0.15, -0.1) is 0 Å². The Labute approximate surface area is 124 Å². The quantitative estimate of drug-likeness (QED) is 0.708. The van der Waals surface area contributed by atoms with Crippen molar-refractivity contribution < 1.29 is 4.74 Å². The molecule has 2 heteroatoms. The largest absolute Gasteiger partial charge is 0.492 e. The fraction of sp³-hybridized carbons (Fsp3) is 0.667. The summed E-state index contributed by atoms with van der Waals surface area (Å²) in [6, 6.07) is 6.99. The maximum atomic E-state index is 6.13. The Kier molecular flexibility index (Phi) is 7.68. The van der Waals surface area contributed by atoms with Crippen LogP contribution in [0.3, 0.4) is 0 Å². The molecule has 0 aliphatic heterocycles. The van der Waals surface area contributed by atoms with Crippen molar-refractivity contribution in [2.45, 2.75) is 65.8 Å². The monoisotopic (exact) mass is 277 g/mol. The molecule has 0 bridgehead atoms. The van der Waals surface area contributed by atoms with Crippen LogP contribution in [0, 0.1) is 6.92 Å². The van der Waals surface area contributed by atoms with Crippen LogP contribution in [0.15, 0.2) is 18.2 Å². The molecular weight excluding hydrogens is 246 g/mol. The van der Waals surface area contributed by atoms with Crippen molar-refractivity contribution in [3.05, 3.63) is 29.3 Å². The molecule has 1 atom stereocenters. The van der Waals surface area contributed by atoms with E-state index in [4.69, 9.17) is 4.74 Å². The van der Waals surface area contributed by atoms with Gasteiger partial charge in [-0.05, 0) is 49.4 Å². The number of nitrogens with one attached hydrogen (secondary N) is 1. The van der Waals surface area contributed by atoms with Crippen molar-refractivity contribution in [2.24, 2.45) is 0 Å². The van der Waals surface area contributed by atoms with E-state index in [1.807, 2.05) is 0 Å². The van der Waals surface area contributed by atoms with Gasteiger partial charge in [-0.25, -0.2) is 0 Å². The Balaban J connectivity index is 2.68. The van der Waals surface area contributed by atoms with E-state index in [9.17, 15) is 0 Å². The van der Waals surface area contributed by atoms with Gasteiger partial charge < -0.3 is 10.1 Å². The number of hydrogen-bond acceptors (Lipinski definition) is 2. The summed E-state index contributed by atoms with van der Waals surface area (Å²) in [6.07, 6.45) is 3.53. The molecule has 0 amide bonds. The van der Waals surface area contributed by atoms with Crippen LogP contribution in [0.4, 0.5) is 0 Å². The molecule has 1 unspecified atom stereocenters. The number of rotatable bonds is 9. The van der Waals surface area contributed by atoms with Crippen molar-refractivity contribution in [3.63, 3.8) is 0 Å². The van der Waals surface area contributed by atoms with Gasteiger partial charge >= 0.3 is 0 Å². The van der Waals surface area contributed by atoms with Gasteiger partial charge in [0.15, 0.2) is 0 Å². The van der Waals surface area contributed by atoms with Crippen LogP contribution in [0.2, 0.25) is 0 Å². The van der Waals surface area contributed by atoms with Gasteiger partial charge in [-0.3, -0.25) is 0 Å². The van der Waals surface area contributed by atoms with Gasteiger partial charge in [0, 0.05) is 6.04 Å². The first kappa shape index (κ1) is 17.0. The third kappa shape index (κ3) is 5.54. The summed E-state index contributed by atoms with van der Waals surface area (Å²) >= 11 is 0. The normalized spacial score (nSPS) is 12.7. The van der Waals surface area contributed by atoms with Crippen LogP contribution < -0.4 is 10.1 Å². The highest BCUT2D eigenvalue weighted by Gasteiger charge is 2.11. The second-order valence-corrected chi connectivity index (χ2v) is 5.95. The van der Waals surface area contributed by atoms with Crippen molar-refractivity contribution in [1.29, 1.82) is 0 Å². The molecule has 1 aromatic carbocycles. The fourth-order valence-corrected chi connectivity index (χ4v) is 2.38. The molecule has 114 valence electrons. The fourth-order valence-electron chi connectivity index (χ4n) is 2.38. The van der Waals surface area contributed by atoms with Gasteiger partial charge in [0.25, 0.3) is 0 Å². The van der Waals surface area contributed by atoms with Gasteiger partial charge in [0.05, 0.1) is 0 Å². The standard InChI is InChI=1S/C18H31NO/c1-6-8-16(19-11-7-2)13-20-18-12-15(5)9-10-17(18)14(3)4/h9-10,12,14,16,19H,6-8,11,13H2,1-5H3. The Bertz CT molecular complexity index is 387. The van der Waals surface area contributed by atoms with E-state index in [2.05, 4.69) is 58.1 Å². The first-order valence-electron chi connectivity index (χ1n) is 8.05. The molecule has 0 spiro atoms. The molecule has 0 saturated heterocycles. The Morgan fingerprint density at radius 1 is 1.15 bits per heavy atom. The molecule has 0 aliphatic carbocycles. The molecule has 0 fully saturated rings. The number of hydrogen-bond donors (Lipinski definition) is 1. The van der Waals surface area contributed by atoms with E-state index in [-0.39, 0.29) is 0 Å². The van der Waals surface area contributed by atoms with E-state index < -0.39 is 0 Å². The van der Waals surface area contributed by atoms with E-state index in [1.54, 1.807) is 0 Å². The third-order valence-corrected chi connectivity index (χ3v) is 3.55. The van der Waals surface area contributed by atoms with Crippen LogP contribution in [0.1, 0.15) is 64.0 Å². The van der Waals surface area contributed by atoms with E-state index in [1.165, 1.54) is 30.4 Å². The van der Waals surface area contributed by atoms with Gasteiger partial charge in [-0.1, -0.05) is 46.2 Å². The Hall–Kier alpha value is -1.02. The average Bonchev–Trinajstić information content (AvgIpc) is 2.41. The summed E-state index contributed by atoms with van der Waals surface area (Å²) in [5, 5.41) is 3.58. The predicted octanol–water partition coefficient (Wildman–Crippen LogP) is 4.67. The molecule has 0 aromatic heterocycles. The third-order valence-electron chi connectivity index (χ3n) is 3.55. The van der Waals surface area contributed by atoms with Gasteiger partial charge in [-0.2, -0.15) is 0 Å². The van der Waals surface area contributed by atoms with Crippen molar-refractivity contribution >= 4 is 0 Å². The first-order chi connectivity index (χ1) is 9.58. The van der Waals surface area contributed by atoms with Crippen LogP contribution in [-0.4, -0.2) is 19.2 Å². The van der Waals surface area contributed by atoms with Crippen LogP contribution in [0.25, 0.3) is 0 Å². The SMILES string of the molecule is CCCNC(CCC)COc1cc(C)ccc1C(C)C. The summed E-state index contributed by atoms with van der Waals surface area (Å²) in [5.74, 6) is 1.55. The maximum Gasteiger partial charge on any atom is 0.123 e. The summed E-state index contributed by atoms with van der Waals surface area (Å²) < 4.78 is 6.13. The topological polar surface area (TPSA) is 21.3 Å². The van der Waals surface area contributed by atoms with Crippen molar-refractivity contribution in [3.8, 4) is 5.75 Å². The lowest BCUT2D eigenvalue weighted by molar-refractivity contribution is 0.253. The minimum absolute atomic E-state index is 0.459. The number of ether oxygens (including phenoxy) is 1. The first-order valence-corrected chi connectivity index (χ1v) is 8.05. The zero-order valence-electron chi connectivity index (χ0n) is 13.8. The summed E-state index contributed by atoms with van der Waals surface area (Å²) in [4.78, 5) is 0. The second kappa shape index (κ2) is 9.02. The lowest BCUT2D eigenvalue weighted by atomic mass is 10.0. The van der Waals surface area contributed by atoms with Gasteiger partial charge in [0.2, 0.25) is 0 Å². The highest BCUT2D eigenvalue weighted by Crippen LogP contribution is 2.27. The lowest BCUT2D eigenvalue weighted by Crippen LogP contribution is -2.35. The van der Waals surface area contributed by atoms with Crippen LogP contribution in [-0.2, 0) is 0 Å². The van der Waals surface area contributed by atoms with Crippen LogP contribution >= 0.6 is 0 Å². The zero-order chi connectivity index (χ0) is 15.0. The molecule has 1 N–H and O–H groups in total. The molecule has 2 nitrogen and oxygen atoms in total. The molecular formula is C18H31NO. The number of benzene rings is 1. The molecule has 0 heterocycles. The minimum Gasteiger partial charge on any atom is -0.492 e. The summed E-state index contributed by atoms with van der Waals surface area (Å²) in [6.45, 7) is 12.8. The van der Waals surface area contributed by atoms with E-state index in [0.717, 1.165) is 18.9 Å². The maximum absolute atomic E-state index is 6.13. The molecule has 20 heavy (non-hydrogen) atoms. The van der Waals surface area contributed by atoms with E-state index in [0.29, 0.717) is 12.0 Å². The second-order valence-electron chi connectivity index (χ2n) is 5.95. The average molecular weight is 277 g/mol. The van der Waals surface area contributed by atoms with E-state index >= 15 is 0 Å². The molecule has 1 rings (SSSR count). The molecule has 0 saturated carbocycles.